The summed E-state index contributed by atoms with van der Waals surface area (Å²) >= 11 is 0. The highest BCUT2D eigenvalue weighted by atomic mass is 32.2. The molecule has 0 spiro atoms. The van der Waals surface area contributed by atoms with Gasteiger partial charge >= 0.3 is 0 Å². The maximum atomic E-state index is 12.1. The van der Waals surface area contributed by atoms with Gasteiger partial charge in [0.2, 0.25) is 0 Å². The fourth-order valence-electron chi connectivity index (χ4n) is 4.89. The van der Waals surface area contributed by atoms with Gasteiger partial charge in [-0.25, -0.2) is 8.42 Å². The van der Waals surface area contributed by atoms with Gasteiger partial charge in [0, 0.05) is 18.1 Å². The molecule has 0 bridgehead atoms. The van der Waals surface area contributed by atoms with Gasteiger partial charge in [-0.1, -0.05) is 12.8 Å². The quantitative estimate of drug-likeness (QED) is 0.859. The van der Waals surface area contributed by atoms with Gasteiger partial charge in [-0.05, 0) is 51.0 Å². The maximum Gasteiger partial charge on any atom is 0.152 e. The first kappa shape index (κ1) is 14.8. The summed E-state index contributed by atoms with van der Waals surface area (Å²) in [7, 11) is -2.91. The van der Waals surface area contributed by atoms with Crippen molar-refractivity contribution in [3.05, 3.63) is 0 Å². The van der Waals surface area contributed by atoms with E-state index in [1.807, 2.05) is 0 Å². The molecule has 2 saturated heterocycles. The number of likely N-dealkylation sites (tertiary alicyclic amines) is 1. The molecule has 0 aromatic heterocycles. The molecule has 3 aliphatic rings. The van der Waals surface area contributed by atoms with Crippen LogP contribution in [0.4, 0.5) is 0 Å². The molecule has 0 aromatic carbocycles. The second kappa shape index (κ2) is 5.58. The molecule has 0 amide bonds. The Bertz CT molecular complexity index is 445. The zero-order chi connectivity index (χ0) is 14.2. The standard InChI is InChI=1S/C15H28N2O2S/c16-11-15(8-4-10-20(18,19)12-15)17-9-3-7-14(17)13-5-1-2-6-13/h13-14H,1-12,16H2. The van der Waals surface area contributed by atoms with Crippen LogP contribution in [0.1, 0.15) is 51.4 Å². The number of nitrogens with zero attached hydrogens (tertiary/aromatic N) is 1. The minimum Gasteiger partial charge on any atom is -0.329 e. The van der Waals surface area contributed by atoms with Crippen molar-refractivity contribution in [2.24, 2.45) is 11.7 Å². The Hall–Kier alpha value is -0.130. The minimum atomic E-state index is -2.91. The van der Waals surface area contributed by atoms with Crippen LogP contribution >= 0.6 is 0 Å². The van der Waals surface area contributed by atoms with E-state index in [4.69, 9.17) is 5.73 Å². The number of sulfone groups is 1. The second-order valence-corrected chi connectivity index (χ2v) is 9.26. The molecule has 0 aromatic rings. The molecule has 0 radical (unpaired) electrons. The normalized spacial score (nSPS) is 39.4. The third-order valence-electron chi connectivity index (χ3n) is 5.82. The first-order chi connectivity index (χ1) is 9.56. The molecular weight excluding hydrogens is 272 g/mol. The van der Waals surface area contributed by atoms with Crippen molar-refractivity contribution in [1.82, 2.24) is 4.90 Å². The highest BCUT2D eigenvalue weighted by Crippen LogP contribution is 2.41. The highest BCUT2D eigenvalue weighted by molar-refractivity contribution is 7.91. The van der Waals surface area contributed by atoms with Gasteiger partial charge in [-0.2, -0.15) is 0 Å². The molecule has 4 nitrogen and oxygen atoms in total. The van der Waals surface area contributed by atoms with Crippen LogP contribution in [0.3, 0.4) is 0 Å². The molecule has 2 N–H and O–H groups in total. The van der Waals surface area contributed by atoms with Gasteiger partial charge in [0.15, 0.2) is 9.84 Å². The van der Waals surface area contributed by atoms with Crippen LogP contribution in [0.25, 0.3) is 0 Å². The van der Waals surface area contributed by atoms with Crippen LogP contribution in [-0.2, 0) is 9.84 Å². The molecule has 2 atom stereocenters. The summed E-state index contributed by atoms with van der Waals surface area (Å²) in [5.41, 5.74) is 5.83. The van der Waals surface area contributed by atoms with Gasteiger partial charge in [-0.15, -0.1) is 0 Å². The topological polar surface area (TPSA) is 63.4 Å². The zero-order valence-electron chi connectivity index (χ0n) is 12.4. The van der Waals surface area contributed by atoms with Gasteiger partial charge in [0.05, 0.1) is 11.5 Å². The van der Waals surface area contributed by atoms with E-state index < -0.39 is 9.84 Å². The summed E-state index contributed by atoms with van der Waals surface area (Å²) in [5, 5.41) is 0. The average Bonchev–Trinajstić information content (AvgIpc) is 3.07. The SMILES string of the molecule is NCC1(N2CCCC2C2CCCC2)CCCS(=O)(=O)C1. The summed E-state index contributed by atoms with van der Waals surface area (Å²) in [6.45, 7) is 1.54. The van der Waals surface area contributed by atoms with Crippen molar-refractivity contribution < 1.29 is 8.42 Å². The summed E-state index contributed by atoms with van der Waals surface area (Å²) in [6, 6.07) is 0.592. The van der Waals surface area contributed by atoms with Gasteiger partial charge in [0.1, 0.15) is 0 Å². The van der Waals surface area contributed by atoms with E-state index in [0.29, 0.717) is 24.1 Å². The summed E-state index contributed by atoms with van der Waals surface area (Å²) < 4.78 is 24.3. The van der Waals surface area contributed by atoms with Crippen LogP contribution in [0.5, 0.6) is 0 Å². The largest absolute Gasteiger partial charge is 0.329 e. The molecule has 20 heavy (non-hydrogen) atoms. The van der Waals surface area contributed by atoms with Crippen molar-refractivity contribution in [2.75, 3.05) is 24.6 Å². The molecular formula is C15H28N2O2S. The fraction of sp³-hybridized carbons (Fsp3) is 1.00. The Morgan fingerprint density at radius 1 is 1.10 bits per heavy atom. The third kappa shape index (κ3) is 2.64. The Morgan fingerprint density at radius 3 is 2.50 bits per heavy atom. The molecule has 2 unspecified atom stereocenters. The molecule has 2 heterocycles. The lowest BCUT2D eigenvalue weighted by molar-refractivity contribution is 0.0593. The monoisotopic (exact) mass is 300 g/mol. The summed E-state index contributed by atoms with van der Waals surface area (Å²) in [4.78, 5) is 2.53. The van der Waals surface area contributed by atoms with Crippen molar-refractivity contribution >= 4 is 9.84 Å². The Morgan fingerprint density at radius 2 is 1.85 bits per heavy atom. The average molecular weight is 300 g/mol. The van der Waals surface area contributed by atoms with Gasteiger partial charge in [-0.3, -0.25) is 4.90 Å². The molecule has 3 fully saturated rings. The van der Waals surface area contributed by atoms with E-state index in [1.54, 1.807) is 0 Å². The number of hydrogen-bond acceptors (Lipinski definition) is 4. The number of hydrogen-bond donors (Lipinski definition) is 1. The molecule has 1 saturated carbocycles. The fourth-order valence-corrected chi connectivity index (χ4v) is 6.87. The first-order valence-corrected chi connectivity index (χ1v) is 10.1. The van der Waals surface area contributed by atoms with E-state index in [-0.39, 0.29) is 5.54 Å². The van der Waals surface area contributed by atoms with Crippen molar-refractivity contribution in [3.63, 3.8) is 0 Å². The summed E-state index contributed by atoms with van der Waals surface area (Å²) in [6.07, 6.45) is 9.56. The lowest BCUT2D eigenvalue weighted by atomic mass is 9.88. The Balaban J connectivity index is 1.83. The highest BCUT2D eigenvalue weighted by Gasteiger charge is 2.48. The van der Waals surface area contributed by atoms with E-state index in [0.717, 1.165) is 25.3 Å². The van der Waals surface area contributed by atoms with Crippen molar-refractivity contribution in [1.29, 1.82) is 0 Å². The second-order valence-electron chi connectivity index (χ2n) is 7.07. The Kier molecular flexibility index (Phi) is 4.13. The number of nitrogens with two attached hydrogens (primary N) is 1. The van der Waals surface area contributed by atoms with Crippen LogP contribution in [0.2, 0.25) is 0 Å². The first-order valence-electron chi connectivity index (χ1n) is 8.24. The van der Waals surface area contributed by atoms with E-state index in [2.05, 4.69) is 4.90 Å². The lowest BCUT2D eigenvalue weighted by Gasteiger charge is -2.47. The predicted octanol–water partition coefficient (Wildman–Crippen LogP) is 1.55. The lowest BCUT2D eigenvalue weighted by Crippen LogP contribution is -2.62. The third-order valence-corrected chi connectivity index (χ3v) is 7.71. The Labute approximate surface area is 123 Å². The van der Waals surface area contributed by atoms with E-state index >= 15 is 0 Å². The molecule has 5 heteroatoms. The van der Waals surface area contributed by atoms with Gasteiger partial charge in [0.25, 0.3) is 0 Å². The minimum absolute atomic E-state index is 0.263. The van der Waals surface area contributed by atoms with Crippen LogP contribution < -0.4 is 5.73 Å². The van der Waals surface area contributed by atoms with Crippen LogP contribution in [0, 0.1) is 5.92 Å². The number of rotatable bonds is 3. The van der Waals surface area contributed by atoms with Crippen LogP contribution in [-0.4, -0.2) is 49.5 Å². The van der Waals surface area contributed by atoms with Gasteiger partial charge < -0.3 is 5.73 Å². The molecule has 116 valence electrons. The van der Waals surface area contributed by atoms with E-state index in [9.17, 15) is 8.42 Å². The van der Waals surface area contributed by atoms with Crippen molar-refractivity contribution in [2.45, 2.75) is 62.9 Å². The smallest absolute Gasteiger partial charge is 0.152 e. The molecule has 2 aliphatic heterocycles. The predicted molar refractivity (Wildman–Crippen MR) is 81.4 cm³/mol. The maximum absolute atomic E-state index is 12.1. The van der Waals surface area contributed by atoms with Crippen molar-refractivity contribution in [3.8, 4) is 0 Å². The zero-order valence-corrected chi connectivity index (χ0v) is 13.2. The van der Waals surface area contributed by atoms with E-state index in [1.165, 1.54) is 38.5 Å². The molecule has 3 rings (SSSR count). The molecule has 1 aliphatic carbocycles. The summed E-state index contributed by atoms with van der Waals surface area (Å²) in [5.74, 6) is 1.43. The van der Waals surface area contributed by atoms with Crippen LogP contribution in [0.15, 0.2) is 0 Å².